The number of carbonyl (C=O) groups excluding carboxylic acids is 2. The standard InChI is InChI=1S/C25H25NO5/c1-17-12-13-22(30-3)19(14-17)15-23(27)31-24(18-8-5-4-6-9-18)25(28)26-20-10-7-11-21(16-20)29-2/h4-14,16,24H,15H2,1-3H3,(H,26,28)/t24-/m0/s1. The van der Waals surface area contributed by atoms with Gasteiger partial charge in [0.15, 0.2) is 0 Å². The summed E-state index contributed by atoms with van der Waals surface area (Å²) in [5.74, 6) is 0.222. The van der Waals surface area contributed by atoms with Gasteiger partial charge in [0.05, 0.1) is 20.6 Å². The Labute approximate surface area is 181 Å². The van der Waals surface area contributed by atoms with E-state index >= 15 is 0 Å². The van der Waals surface area contributed by atoms with Crippen LogP contribution < -0.4 is 14.8 Å². The Morgan fingerprint density at radius 1 is 0.903 bits per heavy atom. The SMILES string of the molecule is COc1cccc(NC(=O)[C@@H](OC(=O)Cc2cc(C)ccc2OC)c2ccccc2)c1. The Morgan fingerprint density at radius 2 is 1.68 bits per heavy atom. The highest BCUT2D eigenvalue weighted by Gasteiger charge is 2.26. The highest BCUT2D eigenvalue weighted by molar-refractivity contribution is 5.96. The van der Waals surface area contributed by atoms with Crippen LogP contribution in [0, 0.1) is 6.92 Å². The second kappa shape index (κ2) is 10.3. The first-order valence-corrected chi connectivity index (χ1v) is 9.83. The zero-order valence-electron chi connectivity index (χ0n) is 17.8. The van der Waals surface area contributed by atoms with Gasteiger partial charge in [0.1, 0.15) is 11.5 Å². The van der Waals surface area contributed by atoms with E-state index < -0.39 is 18.0 Å². The molecule has 0 aromatic heterocycles. The maximum Gasteiger partial charge on any atom is 0.311 e. The van der Waals surface area contributed by atoms with Crippen molar-refractivity contribution in [3.8, 4) is 11.5 Å². The van der Waals surface area contributed by atoms with E-state index in [2.05, 4.69) is 5.32 Å². The number of amides is 1. The molecule has 0 saturated carbocycles. The molecule has 0 heterocycles. The molecule has 3 aromatic rings. The summed E-state index contributed by atoms with van der Waals surface area (Å²) in [5.41, 5.74) is 2.82. The number of anilines is 1. The summed E-state index contributed by atoms with van der Waals surface area (Å²) in [6.07, 6.45) is -1.11. The molecule has 0 aliphatic carbocycles. The largest absolute Gasteiger partial charge is 0.497 e. The summed E-state index contributed by atoms with van der Waals surface area (Å²) in [7, 11) is 3.10. The van der Waals surface area contributed by atoms with Crippen molar-refractivity contribution in [2.75, 3.05) is 19.5 Å². The number of hydrogen-bond donors (Lipinski definition) is 1. The van der Waals surface area contributed by atoms with Gasteiger partial charge in [-0.3, -0.25) is 9.59 Å². The van der Waals surface area contributed by atoms with Crippen molar-refractivity contribution in [2.45, 2.75) is 19.4 Å². The zero-order valence-corrected chi connectivity index (χ0v) is 17.8. The predicted octanol–water partition coefficient (Wildman–Crippen LogP) is 4.48. The molecule has 0 radical (unpaired) electrons. The molecule has 0 spiro atoms. The van der Waals surface area contributed by atoms with Crippen LogP contribution in [0.3, 0.4) is 0 Å². The molecule has 0 bridgehead atoms. The van der Waals surface area contributed by atoms with E-state index in [4.69, 9.17) is 14.2 Å². The van der Waals surface area contributed by atoms with Crippen LogP contribution in [0.2, 0.25) is 0 Å². The Balaban J connectivity index is 1.80. The van der Waals surface area contributed by atoms with Crippen LogP contribution in [0.25, 0.3) is 0 Å². The van der Waals surface area contributed by atoms with Gasteiger partial charge in [-0.1, -0.05) is 54.1 Å². The number of methoxy groups -OCH3 is 2. The van der Waals surface area contributed by atoms with Crippen molar-refractivity contribution in [3.05, 3.63) is 89.5 Å². The lowest BCUT2D eigenvalue weighted by atomic mass is 10.1. The van der Waals surface area contributed by atoms with Crippen molar-refractivity contribution in [2.24, 2.45) is 0 Å². The average molecular weight is 419 g/mol. The molecule has 0 fully saturated rings. The zero-order chi connectivity index (χ0) is 22.2. The first-order valence-electron chi connectivity index (χ1n) is 9.83. The molecule has 31 heavy (non-hydrogen) atoms. The van der Waals surface area contributed by atoms with Gasteiger partial charge >= 0.3 is 5.97 Å². The summed E-state index contributed by atoms with van der Waals surface area (Å²) in [6.45, 7) is 1.93. The Kier molecular flexibility index (Phi) is 7.27. The van der Waals surface area contributed by atoms with E-state index in [0.717, 1.165) is 5.56 Å². The molecule has 0 aliphatic rings. The van der Waals surface area contributed by atoms with Crippen LogP contribution in [0.4, 0.5) is 5.69 Å². The highest BCUT2D eigenvalue weighted by atomic mass is 16.5. The van der Waals surface area contributed by atoms with Gasteiger partial charge in [-0.05, 0) is 25.1 Å². The first kappa shape index (κ1) is 21.9. The van der Waals surface area contributed by atoms with Crippen molar-refractivity contribution < 1.29 is 23.8 Å². The molecule has 1 N–H and O–H groups in total. The van der Waals surface area contributed by atoms with E-state index in [-0.39, 0.29) is 6.42 Å². The smallest absolute Gasteiger partial charge is 0.311 e. The fourth-order valence-electron chi connectivity index (χ4n) is 3.18. The summed E-state index contributed by atoms with van der Waals surface area (Å²) in [6, 6.07) is 21.5. The number of carbonyl (C=O) groups is 2. The van der Waals surface area contributed by atoms with Crippen molar-refractivity contribution in [3.63, 3.8) is 0 Å². The third-order valence-corrected chi connectivity index (χ3v) is 4.70. The number of nitrogens with one attached hydrogen (secondary N) is 1. The van der Waals surface area contributed by atoms with Gasteiger partial charge in [-0.2, -0.15) is 0 Å². The fraction of sp³-hybridized carbons (Fsp3) is 0.200. The molecule has 6 heteroatoms. The summed E-state index contributed by atoms with van der Waals surface area (Å²) in [4.78, 5) is 25.8. The summed E-state index contributed by atoms with van der Waals surface area (Å²) < 4.78 is 16.2. The predicted molar refractivity (Wildman–Crippen MR) is 118 cm³/mol. The topological polar surface area (TPSA) is 73.9 Å². The lowest BCUT2D eigenvalue weighted by Crippen LogP contribution is -2.26. The van der Waals surface area contributed by atoms with Gasteiger partial charge in [-0.25, -0.2) is 0 Å². The van der Waals surface area contributed by atoms with Crippen LogP contribution >= 0.6 is 0 Å². The molecular formula is C25H25NO5. The molecule has 3 rings (SSSR count). The lowest BCUT2D eigenvalue weighted by molar-refractivity contribution is -0.154. The number of ether oxygens (including phenoxy) is 3. The van der Waals surface area contributed by atoms with Crippen LogP contribution in [0.15, 0.2) is 72.8 Å². The molecule has 6 nitrogen and oxygen atoms in total. The van der Waals surface area contributed by atoms with Crippen LogP contribution in [-0.4, -0.2) is 26.1 Å². The third kappa shape index (κ3) is 5.85. The lowest BCUT2D eigenvalue weighted by Gasteiger charge is -2.19. The first-order chi connectivity index (χ1) is 15.0. The molecule has 0 unspecified atom stereocenters. The minimum Gasteiger partial charge on any atom is -0.497 e. The van der Waals surface area contributed by atoms with E-state index in [0.29, 0.717) is 28.3 Å². The van der Waals surface area contributed by atoms with Gasteiger partial charge in [0.2, 0.25) is 6.10 Å². The Bertz CT molecular complexity index is 1050. The van der Waals surface area contributed by atoms with Gasteiger partial charge in [-0.15, -0.1) is 0 Å². The summed E-state index contributed by atoms with van der Waals surface area (Å²) in [5, 5.41) is 2.80. The van der Waals surface area contributed by atoms with Crippen LogP contribution in [-0.2, 0) is 20.7 Å². The van der Waals surface area contributed by atoms with Crippen LogP contribution in [0.1, 0.15) is 22.8 Å². The summed E-state index contributed by atoms with van der Waals surface area (Å²) >= 11 is 0. The Morgan fingerprint density at radius 3 is 2.39 bits per heavy atom. The van der Waals surface area contributed by atoms with E-state index in [1.54, 1.807) is 62.8 Å². The van der Waals surface area contributed by atoms with Crippen LogP contribution in [0.5, 0.6) is 11.5 Å². The molecule has 0 saturated heterocycles. The molecule has 3 aromatic carbocycles. The number of hydrogen-bond acceptors (Lipinski definition) is 5. The van der Waals surface area contributed by atoms with E-state index in [1.807, 2.05) is 31.2 Å². The average Bonchev–Trinajstić information content (AvgIpc) is 2.78. The van der Waals surface area contributed by atoms with Crippen molar-refractivity contribution >= 4 is 17.6 Å². The monoisotopic (exact) mass is 419 g/mol. The third-order valence-electron chi connectivity index (χ3n) is 4.70. The van der Waals surface area contributed by atoms with Gasteiger partial charge in [0.25, 0.3) is 5.91 Å². The Hall–Kier alpha value is -3.80. The number of benzene rings is 3. The van der Waals surface area contributed by atoms with E-state index in [9.17, 15) is 9.59 Å². The second-order valence-electron chi connectivity index (χ2n) is 6.99. The maximum atomic E-state index is 13.0. The normalized spacial score (nSPS) is 11.3. The van der Waals surface area contributed by atoms with E-state index in [1.165, 1.54) is 0 Å². The van der Waals surface area contributed by atoms with Crippen molar-refractivity contribution in [1.82, 2.24) is 0 Å². The molecule has 1 atom stereocenters. The minimum atomic E-state index is -1.10. The molecule has 160 valence electrons. The van der Waals surface area contributed by atoms with Crippen molar-refractivity contribution in [1.29, 1.82) is 0 Å². The maximum absolute atomic E-state index is 13.0. The fourth-order valence-corrected chi connectivity index (χ4v) is 3.18. The van der Waals surface area contributed by atoms with Gasteiger partial charge in [0, 0.05) is 22.9 Å². The minimum absolute atomic E-state index is 0.0133. The van der Waals surface area contributed by atoms with Gasteiger partial charge < -0.3 is 19.5 Å². The number of esters is 1. The highest BCUT2D eigenvalue weighted by Crippen LogP contribution is 2.25. The number of rotatable bonds is 8. The molecular weight excluding hydrogens is 394 g/mol. The number of aryl methyl sites for hydroxylation is 1. The quantitative estimate of drug-likeness (QED) is 0.545. The molecule has 0 aliphatic heterocycles. The molecule has 1 amide bonds. The second-order valence-corrected chi connectivity index (χ2v) is 6.99.